The molecule has 0 aliphatic carbocycles. The van der Waals surface area contributed by atoms with Gasteiger partial charge in [-0.2, -0.15) is 0 Å². The van der Waals surface area contributed by atoms with Gasteiger partial charge in [-0.1, -0.05) is 63.8 Å². The summed E-state index contributed by atoms with van der Waals surface area (Å²) in [6.07, 6.45) is 5.96. The number of rotatable bonds is 13. The normalized spacial score (nSPS) is 11.5. The van der Waals surface area contributed by atoms with Gasteiger partial charge in [-0.15, -0.1) is 0 Å². The smallest absolute Gasteiger partial charge is 0.122 e. The van der Waals surface area contributed by atoms with Crippen LogP contribution in [-0.4, -0.2) is 36.6 Å². The van der Waals surface area contributed by atoms with Crippen LogP contribution < -0.4 is 9.47 Å². The van der Waals surface area contributed by atoms with Crippen LogP contribution in [0.3, 0.4) is 0 Å². The molecule has 0 aliphatic heterocycles. The molecule has 0 atom stereocenters. The summed E-state index contributed by atoms with van der Waals surface area (Å²) in [5, 5.41) is 18.1. The number of ether oxygens (including phenoxy) is 2. The highest BCUT2D eigenvalue weighted by Gasteiger charge is 2.29. The Morgan fingerprint density at radius 3 is 1.67 bits per heavy atom. The molecule has 0 aliphatic rings. The zero-order chi connectivity index (χ0) is 22.0. The molecule has 4 heteroatoms. The molecule has 0 bridgehead atoms. The Morgan fingerprint density at radius 1 is 0.767 bits per heavy atom. The molecule has 30 heavy (non-hydrogen) atoms. The molecule has 0 unspecified atom stereocenters. The van der Waals surface area contributed by atoms with Gasteiger partial charge in [0.1, 0.15) is 24.7 Å². The summed E-state index contributed by atoms with van der Waals surface area (Å²) in [7, 11) is 0. The van der Waals surface area contributed by atoms with Gasteiger partial charge >= 0.3 is 0 Å². The third-order valence-corrected chi connectivity index (χ3v) is 5.85. The van der Waals surface area contributed by atoms with E-state index >= 15 is 0 Å². The summed E-state index contributed by atoms with van der Waals surface area (Å²) in [5.74, 6) is 1.65. The number of benzene rings is 2. The van der Waals surface area contributed by atoms with E-state index in [1.807, 2.05) is 12.1 Å². The van der Waals surface area contributed by atoms with Crippen molar-refractivity contribution in [2.24, 2.45) is 0 Å². The summed E-state index contributed by atoms with van der Waals surface area (Å²) < 4.78 is 11.3. The van der Waals surface area contributed by atoms with Crippen LogP contribution in [-0.2, 0) is 5.41 Å². The van der Waals surface area contributed by atoms with Gasteiger partial charge in [0.25, 0.3) is 0 Å². The van der Waals surface area contributed by atoms with Crippen molar-refractivity contribution in [3.8, 4) is 11.5 Å². The van der Waals surface area contributed by atoms with E-state index in [9.17, 15) is 0 Å². The van der Waals surface area contributed by atoms with Crippen molar-refractivity contribution in [2.75, 3.05) is 26.4 Å². The van der Waals surface area contributed by atoms with Gasteiger partial charge in [0.2, 0.25) is 0 Å². The number of aliphatic hydroxyl groups is 2. The SMILES string of the molecule is CCCCCCC(C)(c1ccc(OCCO)c(C)c1)c1ccc(OCCO)c(C)c1. The van der Waals surface area contributed by atoms with Crippen molar-refractivity contribution >= 4 is 0 Å². The van der Waals surface area contributed by atoms with E-state index in [-0.39, 0.29) is 18.6 Å². The molecule has 0 fully saturated rings. The van der Waals surface area contributed by atoms with E-state index in [1.165, 1.54) is 36.8 Å². The Labute approximate surface area is 181 Å². The Kier molecular flexibility index (Phi) is 9.67. The average molecular weight is 415 g/mol. The molecule has 0 spiro atoms. The summed E-state index contributed by atoms with van der Waals surface area (Å²) in [5.41, 5.74) is 4.60. The van der Waals surface area contributed by atoms with Crippen molar-refractivity contribution in [1.82, 2.24) is 0 Å². The molecule has 0 heterocycles. The van der Waals surface area contributed by atoms with E-state index < -0.39 is 0 Å². The van der Waals surface area contributed by atoms with Crippen LogP contribution in [0, 0.1) is 13.8 Å². The van der Waals surface area contributed by atoms with Crippen LogP contribution in [0.4, 0.5) is 0 Å². The van der Waals surface area contributed by atoms with E-state index in [0.717, 1.165) is 29.0 Å². The summed E-state index contributed by atoms with van der Waals surface area (Å²) in [6, 6.07) is 12.8. The molecular formula is C26H38O4. The first kappa shape index (κ1) is 24.2. The Bertz CT molecular complexity index is 727. The van der Waals surface area contributed by atoms with Crippen molar-refractivity contribution in [3.63, 3.8) is 0 Å². The molecule has 2 N–H and O–H groups in total. The molecule has 166 valence electrons. The molecule has 2 rings (SSSR count). The standard InChI is InChI=1S/C26H38O4/c1-5-6-7-8-13-26(4,22-9-11-24(20(2)18-22)29-16-14-27)23-10-12-25(21(3)19-23)30-17-15-28/h9-12,18-19,27-28H,5-8,13-17H2,1-4H3. The first-order chi connectivity index (χ1) is 14.5. The lowest BCUT2D eigenvalue weighted by Crippen LogP contribution is -2.24. The van der Waals surface area contributed by atoms with Crippen molar-refractivity contribution in [2.45, 2.75) is 65.2 Å². The second-order valence-corrected chi connectivity index (χ2v) is 8.25. The van der Waals surface area contributed by atoms with Gasteiger partial charge in [0.05, 0.1) is 13.2 Å². The van der Waals surface area contributed by atoms with E-state index in [2.05, 4.69) is 52.0 Å². The number of aryl methyl sites for hydroxylation is 2. The van der Waals surface area contributed by atoms with Gasteiger partial charge in [-0.25, -0.2) is 0 Å². The fraction of sp³-hybridized carbons (Fsp3) is 0.538. The molecule has 2 aromatic rings. The topological polar surface area (TPSA) is 58.9 Å². The second-order valence-electron chi connectivity index (χ2n) is 8.25. The van der Waals surface area contributed by atoms with E-state index in [4.69, 9.17) is 19.7 Å². The highest BCUT2D eigenvalue weighted by atomic mass is 16.5. The summed E-state index contributed by atoms with van der Waals surface area (Å²) in [4.78, 5) is 0. The molecule has 0 radical (unpaired) electrons. The molecule has 0 amide bonds. The lowest BCUT2D eigenvalue weighted by atomic mass is 9.72. The van der Waals surface area contributed by atoms with Gasteiger partial charge in [0, 0.05) is 5.41 Å². The van der Waals surface area contributed by atoms with E-state index in [0.29, 0.717) is 13.2 Å². The average Bonchev–Trinajstić information content (AvgIpc) is 2.74. The van der Waals surface area contributed by atoms with Gasteiger partial charge in [0.15, 0.2) is 0 Å². The molecule has 4 nitrogen and oxygen atoms in total. The fourth-order valence-corrected chi connectivity index (χ4v) is 3.98. The Hall–Kier alpha value is -2.04. The third kappa shape index (κ3) is 6.23. The van der Waals surface area contributed by atoms with Gasteiger partial charge in [-0.05, 0) is 54.7 Å². The molecule has 2 aromatic carbocycles. The predicted octanol–water partition coefficient (Wildman–Crippen LogP) is 5.32. The second kappa shape index (κ2) is 12.0. The van der Waals surface area contributed by atoms with E-state index in [1.54, 1.807) is 0 Å². The van der Waals surface area contributed by atoms with Crippen LogP contribution in [0.25, 0.3) is 0 Å². The molecule has 0 aromatic heterocycles. The summed E-state index contributed by atoms with van der Waals surface area (Å²) in [6.45, 7) is 9.33. The lowest BCUT2D eigenvalue weighted by molar-refractivity contribution is 0.200. The minimum Gasteiger partial charge on any atom is -0.491 e. The van der Waals surface area contributed by atoms with Crippen molar-refractivity contribution < 1.29 is 19.7 Å². The number of hydrogen-bond acceptors (Lipinski definition) is 4. The monoisotopic (exact) mass is 414 g/mol. The number of unbranched alkanes of at least 4 members (excludes halogenated alkanes) is 3. The quantitative estimate of drug-likeness (QED) is 0.435. The lowest BCUT2D eigenvalue weighted by Gasteiger charge is -2.32. The Balaban J connectivity index is 2.38. The maximum absolute atomic E-state index is 9.05. The largest absolute Gasteiger partial charge is 0.491 e. The summed E-state index contributed by atoms with van der Waals surface area (Å²) >= 11 is 0. The van der Waals surface area contributed by atoms with Crippen molar-refractivity contribution in [1.29, 1.82) is 0 Å². The minimum atomic E-state index is -0.117. The maximum atomic E-state index is 9.05. The van der Waals surface area contributed by atoms with Crippen LogP contribution >= 0.6 is 0 Å². The van der Waals surface area contributed by atoms with Crippen LogP contribution in [0.2, 0.25) is 0 Å². The number of aliphatic hydroxyl groups excluding tert-OH is 2. The first-order valence-corrected chi connectivity index (χ1v) is 11.2. The maximum Gasteiger partial charge on any atom is 0.122 e. The highest BCUT2D eigenvalue weighted by molar-refractivity contribution is 5.47. The van der Waals surface area contributed by atoms with Crippen molar-refractivity contribution in [3.05, 3.63) is 58.7 Å². The zero-order valence-corrected chi connectivity index (χ0v) is 19.0. The third-order valence-electron chi connectivity index (χ3n) is 5.85. The zero-order valence-electron chi connectivity index (χ0n) is 19.0. The predicted molar refractivity (Wildman–Crippen MR) is 123 cm³/mol. The fourth-order valence-electron chi connectivity index (χ4n) is 3.98. The highest BCUT2D eigenvalue weighted by Crippen LogP contribution is 2.40. The minimum absolute atomic E-state index is 0.0142. The Morgan fingerprint density at radius 2 is 1.27 bits per heavy atom. The van der Waals surface area contributed by atoms with Crippen LogP contribution in [0.15, 0.2) is 36.4 Å². The van der Waals surface area contributed by atoms with Gasteiger partial charge in [-0.3, -0.25) is 0 Å². The van der Waals surface area contributed by atoms with Gasteiger partial charge < -0.3 is 19.7 Å². The molecule has 0 saturated heterocycles. The first-order valence-electron chi connectivity index (χ1n) is 11.2. The van der Waals surface area contributed by atoms with Crippen LogP contribution in [0.5, 0.6) is 11.5 Å². The van der Waals surface area contributed by atoms with Crippen LogP contribution in [0.1, 0.15) is 68.2 Å². The molecule has 0 saturated carbocycles. The molecular weight excluding hydrogens is 376 g/mol. The number of hydrogen-bond donors (Lipinski definition) is 2.